The van der Waals surface area contributed by atoms with Gasteiger partial charge in [0.25, 0.3) is 0 Å². The molecule has 6 nitrogen and oxygen atoms in total. The monoisotopic (exact) mass is 347 g/mol. The van der Waals surface area contributed by atoms with Crippen LogP contribution in [0.25, 0.3) is 5.69 Å². The average Bonchev–Trinajstić information content (AvgIpc) is 3.25. The molecular formula is C17H25N5OS. The van der Waals surface area contributed by atoms with Gasteiger partial charge < -0.3 is 10.5 Å². The zero-order chi connectivity index (χ0) is 16.9. The fourth-order valence-electron chi connectivity index (χ4n) is 3.19. The lowest BCUT2D eigenvalue weighted by atomic mass is 10.2. The molecule has 1 fully saturated rings. The molecule has 1 aliphatic rings. The Bertz CT molecular complexity index is 658. The molecule has 2 aromatic rings. The van der Waals surface area contributed by atoms with E-state index in [1.807, 2.05) is 24.3 Å². The molecule has 0 spiro atoms. The third-order valence-corrected chi connectivity index (χ3v) is 5.60. The van der Waals surface area contributed by atoms with E-state index in [1.165, 1.54) is 19.4 Å². The predicted molar refractivity (Wildman–Crippen MR) is 96.8 cm³/mol. The van der Waals surface area contributed by atoms with E-state index in [9.17, 15) is 0 Å². The summed E-state index contributed by atoms with van der Waals surface area (Å²) in [4.78, 5) is 2.55. The van der Waals surface area contributed by atoms with E-state index in [0.717, 1.165) is 34.7 Å². The molecule has 1 aromatic heterocycles. The van der Waals surface area contributed by atoms with E-state index < -0.39 is 0 Å². The summed E-state index contributed by atoms with van der Waals surface area (Å²) < 4.78 is 7.29. The number of methoxy groups -OCH3 is 1. The number of aromatic nitrogens is 3. The summed E-state index contributed by atoms with van der Waals surface area (Å²) in [5, 5.41) is 9.53. The second-order valence-corrected chi connectivity index (χ2v) is 6.86. The number of nitrogens with two attached hydrogens (primary N) is 1. The molecule has 0 aliphatic carbocycles. The Labute approximate surface area is 147 Å². The van der Waals surface area contributed by atoms with Gasteiger partial charge in [-0.15, -0.1) is 10.2 Å². The number of ether oxygens (including phenoxy) is 1. The van der Waals surface area contributed by atoms with Crippen LogP contribution in [0.15, 0.2) is 29.4 Å². The van der Waals surface area contributed by atoms with Crippen LogP contribution in [-0.4, -0.2) is 51.7 Å². The van der Waals surface area contributed by atoms with Crippen molar-refractivity contribution in [3.8, 4) is 11.4 Å². The van der Waals surface area contributed by atoms with Crippen LogP contribution >= 0.6 is 11.8 Å². The molecule has 2 N–H and O–H groups in total. The number of likely N-dealkylation sites (tertiary alicyclic amines) is 1. The molecule has 0 saturated carbocycles. The first-order valence-corrected chi connectivity index (χ1v) is 9.41. The van der Waals surface area contributed by atoms with Crippen molar-refractivity contribution in [3.05, 3.63) is 30.1 Å². The number of hydrogen-bond acceptors (Lipinski definition) is 6. The molecule has 1 atom stereocenters. The van der Waals surface area contributed by atoms with Gasteiger partial charge in [-0.1, -0.05) is 18.7 Å². The van der Waals surface area contributed by atoms with E-state index in [-0.39, 0.29) is 0 Å². The second kappa shape index (κ2) is 8.00. The van der Waals surface area contributed by atoms with Gasteiger partial charge in [-0.25, -0.2) is 0 Å². The average molecular weight is 347 g/mol. The number of rotatable bonds is 7. The second-order valence-electron chi connectivity index (χ2n) is 5.87. The van der Waals surface area contributed by atoms with Crippen molar-refractivity contribution >= 4 is 11.8 Å². The van der Waals surface area contributed by atoms with Crippen LogP contribution in [-0.2, 0) is 6.54 Å². The minimum absolute atomic E-state index is 0.365. The number of nitrogens with zero attached hydrogens (tertiary/aromatic N) is 4. The van der Waals surface area contributed by atoms with Gasteiger partial charge >= 0.3 is 0 Å². The summed E-state index contributed by atoms with van der Waals surface area (Å²) in [5.74, 6) is 2.65. The molecule has 1 unspecified atom stereocenters. The first-order chi connectivity index (χ1) is 11.8. The van der Waals surface area contributed by atoms with Crippen LogP contribution in [0, 0.1) is 0 Å². The van der Waals surface area contributed by atoms with Crippen molar-refractivity contribution < 1.29 is 4.74 Å². The Morgan fingerprint density at radius 3 is 2.75 bits per heavy atom. The maximum absolute atomic E-state index is 5.85. The molecule has 0 radical (unpaired) electrons. The van der Waals surface area contributed by atoms with Crippen molar-refractivity contribution in [3.63, 3.8) is 0 Å². The van der Waals surface area contributed by atoms with Crippen LogP contribution in [0.3, 0.4) is 0 Å². The number of hydrogen-bond donors (Lipinski definition) is 1. The fourth-order valence-corrected chi connectivity index (χ4v) is 4.34. The van der Waals surface area contributed by atoms with Gasteiger partial charge in [-0.2, -0.15) is 0 Å². The van der Waals surface area contributed by atoms with E-state index in [1.54, 1.807) is 18.9 Å². The van der Waals surface area contributed by atoms with Crippen LogP contribution in [0.2, 0.25) is 0 Å². The van der Waals surface area contributed by atoms with E-state index >= 15 is 0 Å². The molecule has 130 valence electrons. The van der Waals surface area contributed by atoms with Crippen molar-refractivity contribution in [1.82, 2.24) is 19.7 Å². The van der Waals surface area contributed by atoms with Crippen molar-refractivity contribution in [2.24, 2.45) is 5.73 Å². The van der Waals surface area contributed by atoms with Crippen LogP contribution in [0.1, 0.15) is 25.6 Å². The maximum Gasteiger partial charge on any atom is 0.195 e. The summed E-state index contributed by atoms with van der Waals surface area (Å²) in [6, 6.07) is 8.54. The predicted octanol–water partition coefficient (Wildman–Crippen LogP) is 2.31. The SMILES string of the molecule is CCN1CCCC1CSc1nnc(CN)n1-c1ccc(OC)cc1. The molecule has 0 bridgehead atoms. The standard InChI is InChI=1S/C17H25N5OS/c1-3-21-10-4-5-14(21)12-24-17-20-19-16(11-18)22(17)13-6-8-15(23-2)9-7-13/h6-9,14H,3-5,10-12,18H2,1-2H3. The lowest BCUT2D eigenvalue weighted by Gasteiger charge is -2.22. The normalized spacial score (nSPS) is 18.2. The van der Waals surface area contributed by atoms with E-state index in [0.29, 0.717) is 12.6 Å². The lowest BCUT2D eigenvalue weighted by Crippen LogP contribution is -2.31. The van der Waals surface area contributed by atoms with Crippen LogP contribution in [0.5, 0.6) is 5.75 Å². The Morgan fingerprint density at radius 1 is 1.29 bits per heavy atom. The fraction of sp³-hybridized carbons (Fsp3) is 0.529. The van der Waals surface area contributed by atoms with Gasteiger partial charge in [0, 0.05) is 17.5 Å². The highest BCUT2D eigenvalue weighted by Crippen LogP contribution is 2.27. The zero-order valence-electron chi connectivity index (χ0n) is 14.3. The van der Waals surface area contributed by atoms with Gasteiger partial charge in [0.1, 0.15) is 5.75 Å². The van der Waals surface area contributed by atoms with Crippen molar-refractivity contribution in [1.29, 1.82) is 0 Å². The molecular weight excluding hydrogens is 322 g/mol. The van der Waals surface area contributed by atoms with Gasteiger partial charge in [0.15, 0.2) is 11.0 Å². The van der Waals surface area contributed by atoms with Crippen molar-refractivity contribution in [2.45, 2.75) is 37.5 Å². The van der Waals surface area contributed by atoms with Crippen LogP contribution in [0.4, 0.5) is 0 Å². The Kier molecular flexibility index (Phi) is 5.76. The highest BCUT2D eigenvalue weighted by Gasteiger charge is 2.24. The summed E-state index contributed by atoms with van der Waals surface area (Å²) in [5.41, 5.74) is 6.87. The quantitative estimate of drug-likeness (QED) is 0.775. The third-order valence-electron chi connectivity index (χ3n) is 4.52. The maximum atomic E-state index is 5.85. The molecule has 1 aromatic carbocycles. The number of thioether (sulfide) groups is 1. The smallest absolute Gasteiger partial charge is 0.195 e. The molecule has 1 saturated heterocycles. The Balaban J connectivity index is 1.79. The Hall–Kier alpha value is -1.57. The van der Waals surface area contributed by atoms with Gasteiger partial charge in [0.2, 0.25) is 0 Å². The highest BCUT2D eigenvalue weighted by atomic mass is 32.2. The molecule has 24 heavy (non-hydrogen) atoms. The molecule has 3 rings (SSSR count). The Morgan fingerprint density at radius 2 is 2.08 bits per heavy atom. The molecule has 0 amide bonds. The van der Waals surface area contributed by atoms with Gasteiger partial charge in [-0.3, -0.25) is 9.47 Å². The van der Waals surface area contributed by atoms with E-state index in [4.69, 9.17) is 10.5 Å². The minimum Gasteiger partial charge on any atom is -0.497 e. The summed E-state index contributed by atoms with van der Waals surface area (Å²) in [6.07, 6.45) is 2.56. The molecule has 7 heteroatoms. The number of benzene rings is 1. The first-order valence-electron chi connectivity index (χ1n) is 8.42. The van der Waals surface area contributed by atoms with Crippen molar-refractivity contribution in [2.75, 3.05) is 26.0 Å². The summed E-state index contributed by atoms with van der Waals surface area (Å²) >= 11 is 1.77. The molecule has 2 heterocycles. The first kappa shape index (κ1) is 17.3. The summed E-state index contributed by atoms with van der Waals surface area (Å²) in [7, 11) is 1.67. The van der Waals surface area contributed by atoms with Crippen LogP contribution < -0.4 is 10.5 Å². The lowest BCUT2D eigenvalue weighted by molar-refractivity contribution is 0.287. The molecule has 1 aliphatic heterocycles. The summed E-state index contributed by atoms with van der Waals surface area (Å²) in [6.45, 7) is 4.92. The largest absolute Gasteiger partial charge is 0.497 e. The van der Waals surface area contributed by atoms with Gasteiger partial charge in [-0.05, 0) is 50.2 Å². The third kappa shape index (κ3) is 3.58. The minimum atomic E-state index is 0.365. The van der Waals surface area contributed by atoms with E-state index in [2.05, 4.69) is 26.6 Å². The van der Waals surface area contributed by atoms with Gasteiger partial charge in [0.05, 0.1) is 13.7 Å². The topological polar surface area (TPSA) is 69.2 Å². The highest BCUT2D eigenvalue weighted by molar-refractivity contribution is 7.99. The zero-order valence-corrected chi connectivity index (χ0v) is 15.1.